The molecule has 0 atom stereocenters. The Kier molecular flexibility index (Phi) is 5.58. The van der Waals surface area contributed by atoms with Gasteiger partial charge in [-0.1, -0.05) is 54.6 Å². The summed E-state index contributed by atoms with van der Waals surface area (Å²) in [7, 11) is 0. The average Bonchev–Trinajstić information content (AvgIpc) is 3.12. The highest BCUT2D eigenvalue weighted by Gasteiger charge is 2.25. The number of rotatable bonds is 7. The second-order valence-corrected chi connectivity index (χ2v) is 7.11. The van der Waals surface area contributed by atoms with E-state index in [4.69, 9.17) is 5.41 Å². The predicted molar refractivity (Wildman–Crippen MR) is 120 cm³/mol. The number of benzene rings is 3. The summed E-state index contributed by atoms with van der Waals surface area (Å²) in [5.74, 6) is 0.380. The number of hydrogen-bond donors (Lipinski definition) is 2. The molecule has 3 aromatic carbocycles. The smallest absolute Gasteiger partial charge is 0.301 e. The van der Waals surface area contributed by atoms with Crippen molar-refractivity contribution in [3.8, 4) is 0 Å². The molecule has 0 saturated heterocycles. The zero-order valence-corrected chi connectivity index (χ0v) is 16.8. The molecule has 10 heteroatoms. The van der Waals surface area contributed by atoms with Crippen LogP contribution in [0.4, 0.5) is 17.1 Å². The standard InChI is InChI=1S/C22H18N6O4/c23-22-18-9-5-4-8-16(18)13-26(22)14-20(15-6-2-1-3-7-15)25-24-19-11-10-17(27(29)30)12-21(19)28(31)32/h1-12,23-24H,13-14H2/b23-22?,25-20+. The van der Waals surface area contributed by atoms with E-state index in [2.05, 4.69) is 10.5 Å². The van der Waals surface area contributed by atoms with E-state index >= 15 is 0 Å². The highest BCUT2D eigenvalue weighted by Crippen LogP contribution is 2.29. The van der Waals surface area contributed by atoms with Crippen molar-refractivity contribution in [2.75, 3.05) is 12.0 Å². The van der Waals surface area contributed by atoms with Gasteiger partial charge in [0.2, 0.25) is 0 Å². The number of anilines is 1. The largest absolute Gasteiger partial charge is 0.346 e. The van der Waals surface area contributed by atoms with Gasteiger partial charge in [0, 0.05) is 18.2 Å². The van der Waals surface area contributed by atoms with Crippen molar-refractivity contribution in [2.45, 2.75) is 6.54 Å². The average molecular weight is 430 g/mol. The molecule has 10 nitrogen and oxygen atoms in total. The Morgan fingerprint density at radius 1 is 1.00 bits per heavy atom. The number of amidine groups is 1. The monoisotopic (exact) mass is 430 g/mol. The summed E-state index contributed by atoms with van der Waals surface area (Å²) >= 11 is 0. The van der Waals surface area contributed by atoms with Crippen molar-refractivity contribution in [3.63, 3.8) is 0 Å². The van der Waals surface area contributed by atoms with Gasteiger partial charge in [0.15, 0.2) is 0 Å². The fourth-order valence-corrected chi connectivity index (χ4v) is 3.49. The zero-order chi connectivity index (χ0) is 22.7. The number of hydrazone groups is 1. The zero-order valence-electron chi connectivity index (χ0n) is 16.8. The molecule has 32 heavy (non-hydrogen) atoms. The Bertz CT molecular complexity index is 1240. The minimum absolute atomic E-state index is 0.0359. The lowest BCUT2D eigenvalue weighted by molar-refractivity contribution is -0.393. The Morgan fingerprint density at radius 2 is 1.72 bits per heavy atom. The van der Waals surface area contributed by atoms with Crippen LogP contribution in [0, 0.1) is 25.6 Å². The number of non-ortho nitro benzene ring substituents is 1. The molecule has 1 heterocycles. The number of nitro benzene ring substituents is 2. The number of hydrogen-bond acceptors (Lipinski definition) is 7. The molecule has 4 rings (SSSR count). The van der Waals surface area contributed by atoms with Crippen LogP contribution < -0.4 is 5.43 Å². The van der Waals surface area contributed by atoms with Crippen molar-refractivity contribution in [2.24, 2.45) is 5.10 Å². The molecule has 2 N–H and O–H groups in total. The number of nitro groups is 2. The summed E-state index contributed by atoms with van der Waals surface area (Å²) in [4.78, 5) is 22.9. The van der Waals surface area contributed by atoms with Crippen molar-refractivity contribution >= 4 is 28.6 Å². The van der Waals surface area contributed by atoms with Gasteiger partial charge in [-0.25, -0.2) is 0 Å². The van der Waals surface area contributed by atoms with Gasteiger partial charge in [-0.2, -0.15) is 5.10 Å². The maximum Gasteiger partial charge on any atom is 0.301 e. The molecular formula is C22H18N6O4. The van der Waals surface area contributed by atoms with E-state index in [1.165, 1.54) is 12.1 Å². The van der Waals surface area contributed by atoms with Crippen LogP contribution in [0.15, 0.2) is 77.9 Å². The molecular weight excluding hydrogens is 412 g/mol. The van der Waals surface area contributed by atoms with E-state index < -0.39 is 15.5 Å². The molecule has 0 amide bonds. The van der Waals surface area contributed by atoms with Gasteiger partial charge in [0.25, 0.3) is 5.69 Å². The van der Waals surface area contributed by atoms with Gasteiger partial charge in [-0.3, -0.25) is 31.1 Å². The lowest BCUT2D eigenvalue weighted by Crippen LogP contribution is -2.31. The summed E-state index contributed by atoms with van der Waals surface area (Å²) in [6, 6.07) is 20.3. The van der Waals surface area contributed by atoms with Crippen LogP contribution in [-0.4, -0.2) is 32.8 Å². The van der Waals surface area contributed by atoms with E-state index in [1.807, 2.05) is 59.5 Å². The lowest BCUT2D eigenvalue weighted by atomic mass is 10.1. The quantitative estimate of drug-likeness (QED) is 0.328. The van der Waals surface area contributed by atoms with E-state index in [9.17, 15) is 20.2 Å². The molecule has 0 aliphatic carbocycles. The Labute approximate surface area is 182 Å². The molecule has 160 valence electrons. The van der Waals surface area contributed by atoms with Crippen LogP contribution in [0.5, 0.6) is 0 Å². The summed E-state index contributed by atoms with van der Waals surface area (Å²) in [6.07, 6.45) is 0. The molecule has 0 radical (unpaired) electrons. The third-order valence-electron chi connectivity index (χ3n) is 5.10. The van der Waals surface area contributed by atoms with Crippen molar-refractivity contribution in [1.82, 2.24) is 4.90 Å². The molecule has 0 bridgehead atoms. The van der Waals surface area contributed by atoms with Gasteiger partial charge in [-0.05, 0) is 17.2 Å². The molecule has 0 spiro atoms. The first kappa shape index (κ1) is 20.7. The van der Waals surface area contributed by atoms with Gasteiger partial charge in [0.05, 0.1) is 28.2 Å². The second kappa shape index (κ2) is 8.64. The SMILES string of the molecule is N=C1c2ccccc2CN1C/C(=N\Nc1ccc([N+](=O)[O-])cc1[N+](=O)[O-])c1ccccc1. The summed E-state index contributed by atoms with van der Waals surface area (Å²) < 4.78 is 0. The van der Waals surface area contributed by atoms with E-state index in [0.717, 1.165) is 22.8 Å². The molecule has 1 aliphatic heterocycles. The molecule has 0 fully saturated rings. The fraction of sp³-hybridized carbons (Fsp3) is 0.0909. The van der Waals surface area contributed by atoms with Crippen molar-refractivity contribution < 1.29 is 9.85 Å². The predicted octanol–water partition coefficient (Wildman–Crippen LogP) is 4.16. The Balaban J connectivity index is 1.65. The highest BCUT2D eigenvalue weighted by atomic mass is 16.6. The van der Waals surface area contributed by atoms with E-state index in [1.54, 1.807) is 0 Å². The molecule has 3 aromatic rings. The van der Waals surface area contributed by atoms with Crippen LogP contribution in [0.1, 0.15) is 16.7 Å². The minimum atomic E-state index is -0.695. The van der Waals surface area contributed by atoms with Crippen LogP contribution >= 0.6 is 0 Å². The van der Waals surface area contributed by atoms with Gasteiger partial charge < -0.3 is 4.90 Å². The normalized spacial score (nSPS) is 13.1. The topological polar surface area (TPSA) is 138 Å². The highest BCUT2D eigenvalue weighted by molar-refractivity contribution is 6.07. The van der Waals surface area contributed by atoms with Crippen LogP contribution in [-0.2, 0) is 6.54 Å². The maximum atomic E-state index is 11.4. The fourth-order valence-electron chi connectivity index (χ4n) is 3.49. The maximum absolute atomic E-state index is 11.4. The van der Waals surface area contributed by atoms with Crippen LogP contribution in [0.2, 0.25) is 0 Å². The van der Waals surface area contributed by atoms with Crippen LogP contribution in [0.25, 0.3) is 0 Å². The van der Waals surface area contributed by atoms with Gasteiger partial charge in [0.1, 0.15) is 11.5 Å². The van der Waals surface area contributed by atoms with E-state index in [-0.39, 0.29) is 11.4 Å². The van der Waals surface area contributed by atoms with Crippen molar-refractivity contribution in [3.05, 3.63) is 110 Å². The van der Waals surface area contributed by atoms with Crippen molar-refractivity contribution in [1.29, 1.82) is 5.41 Å². The van der Waals surface area contributed by atoms with Crippen LogP contribution in [0.3, 0.4) is 0 Å². The Morgan fingerprint density at radius 3 is 2.41 bits per heavy atom. The second-order valence-electron chi connectivity index (χ2n) is 7.11. The first-order valence-corrected chi connectivity index (χ1v) is 9.66. The third kappa shape index (κ3) is 4.15. The van der Waals surface area contributed by atoms with Gasteiger partial charge in [-0.15, -0.1) is 0 Å². The lowest BCUT2D eigenvalue weighted by Gasteiger charge is -2.19. The molecule has 0 unspecified atom stereocenters. The first-order valence-electron chi connectivity index (χ1n) is 9.66. The summed E-state index contributed by atoms with van der Waals surface area (Å²) in [5.41, 5.74) is 5.16. The minimum Gasteiger partial charge on any atom is -0.346 e. The third-order valence-corrected chi connectivity index (χ3v) is 5.10. The Hall–Kier alpha value is -4.60. The summed E-state index contributed by atoms with van der Waals surface area (Å²) in [6.45, 7) is 0.851. The molecule has 1 aliphatic rings. The number of nitrogens with zero attached hydrogens (tertiary/aromatic N) is 4. The number of nitrogens with one attached hydrogen (secondary N) is 2. The number of fused-ring (bicyclic) bond motifs is 1. The van der Waals surface area contributed by atoms with Gasteiger partial charge >= 0.3 is 5.69 Å². The molecule has 0 aromatic heterocycles. The van der Waals surface area contributed by atoms with E-state index in [0.29, 0.717) is 24.6 Å². The summed E-state index contributed by atoms with van der Waals surface area (Å²) in [5, 5.41) is 35.3. The molecule has 0 saturated carbocycles. The first-order chi connectivity index (χ1) is 15.4.